The summed E-state index contributed by atoms with van der Waals surface area (Å²) >= 11 is 0.919. The van der Waals surface area contributed by atoms with Crippen LogP contribution in [-0.4, -0.2) is 38.8 Å². The average molecular weight is 354 g/mol. The Bertz CT molecular complexity index is 1000. The van der Waals surface area contributed by atoms with Gasteiger partial charge in [0.25, 0.3) is 5.91 Å². The van der Waals surface area contributed by atoms with Gasteiger partial charge in [-0.3, -0.25) is 14.9 Å². The number of nitro groups is 1. The number of aromatic amines is 1. The lowest BCUT2D eigenvalue weighted by Crippen LogP contribution is -2.34. The third kappa shape index (κ3) is 2.80. The minimum absolute atomic E-state index is 0.0112. The molecule has 8 heteroatoms. The first kappa shape index (κ1) is 15.5. The van der Waals surface area contributed by atoms with E-state index in [4.69, 9.17) is 0 Å². The number of H-pyrrole nitrogens is 1. The molecular weight excluding hydrogens is 340 g/mol. The number of nitrogens with one attached hydrogen (secondary N) is 1. The molecule has 0 unspecified atom stereocenters. The predicted octanol–water partition coefficient (Wildman–Crippen LogP) is 3.46. The highest BCUT2D eigenvalue weighted by molar-refractivity contribution is 7.17. The average Bonchev–Trinajstić information content (AvgIpc) is 3.29. The predicted molar refractivity (Wildman–Crippen MR) is 95.6 cm³/mol. The Kier molecular flexibility index (Phi) is 3.81. The summed E-state index contributed by atoms with van der Waals surface area (Å²) in [6.45, 7) is 1.08. The summed E-state index contributed by atoms with van der Waals surface area (Å²) in [7, 11) is 0. The van der Waals surface area contributed by atoms with E-state index in [-0.39, 0.29) is 10.9 Å². The number of hydrogen-bond acceptors (Lipinski definition) is 5. The quantitative estimate of drug-likeness (QED) is 0.576. The third-order valence-electron chi connectivity index (χ3n) is 4.28. The lowest BCUT2D eigenvalue weighted by Gasteiger charge is -2.26. The van der Waals surface area contributed by atoms with E-state index in [2.05, 4.69) is 9.97 Å². The van der Waals surface area contributed by atoms with Crippen molar-refractivity contribution in [2.75, 3.05) is 13.1 Å². The monoisotopic (exact) mass is 354 g/mol. The van der Waals surface area contributed by atoms with Gasteiger partial charge in [-0.15, -0.1) is 0 Å². The number of rotatable bonds is 3. The van der Waals surface area contributed by atoms with Crippen molar-refractivity contribution in [1.82, 2.24) is 14.9 Å². The molecule has 1 aliphatic heterocycles. The van der Waals surface area contributed by atoms with Gasteiger partial charge in [0.2, 0.25) is 0 Å². The van der Waals surface area contributed by atoms with E-state index in [0.29, 0.717) is 18.0 Å². The smallest absolute Gasteiger partial charge is 0.324 e. The van der Waals surface area contributed by atoms with E-state index < -0.39 is 4.92 Å². The van der Waals surface area contributed by atoms with E-state index in [0.717, 1.165) is 34.4 Å². The van der Waals surface area contributed by atoms with Crippen LogP contribution in [0.1, 0.15) is 21.7 Å². The summed E-state index contributed by atoms with van der Waals surface area (Å²) in [4.78, 5) is 32.4. The summed E-state index contributed by atoms with van der Waals surface area (Å²) in [5.74, 6) is -0.158. The lowest BCUT2D eigenvalue weighted by molar-refractivity contribution is -0.380. The molecule has 0 radical (unpaired) electrons. The molecule has 0 aliphatic carbocycles. The molecule has 0 aromatic carbocycles. The first-order valence-corrected chi connectivity index (χ1v) is 8.60. The van der Waals surface area contributed by atoms with Crippen LogP contribution in [0.3, 0.4) is 0 Å². The molecule has 0 spiro atoms. The highest BCUT2D eigenvalue weighted by Gasteiger charge is 2.23. The maximum atomic E-state index is 12.5. The SMILES string of the molecule is O=C(c1ccc([N+](=O)[O-])s1)N1CC=C(c2c[nH]c3ncccc23)CC1. The van der Waals surface area contributed by atoms with Crippen LogP contribution in [0.5, 0.6) is 0 Å². The fraction of sp³-hybridized carbons (Fsp3) is 0.176. The number of nitrogens with zero attached hydrogens (tertiary/aromatic N) is 3. The van der Waals surface area contributed by atoms with Crippen molar-refractivity contribution in [2.45, 2.75) is 6.42 Å². The zero-order valence-corrected chi connectivity index (χ0v) is 14.0. The van der Waals surface area contributed by atoms with Crippen molar-refractivity contribution in [3.8, 4) is 0 Å². The molecule has 1 aliphatic rings. The van der Waals surface area contributed by atoms with Gasteiger partial charge in [0.05, 0.1) is 9.80 Å². The van der Waals surface area contributed by atoms with E-state index in [1.807, 2.05) is 24.4 Å². The fourth-order valence-corrected chi connectivity index (χ4v) is 3.80. The molecule has 0 fully saturated rings. The minimum atomic E-state index is -0.472. The molecule has 3 aromatic heterocycles. The largest absolute Gasteiger partial charge is 0.346 e. The molecule has 4 rings (SSSR count). The lowest BCUT2D eigenvalue weighted by atomic mass is 9.99. The number of thiophene rings is 1. The van der Waals surface area contributed by atoms with E-state index in [9.17, 15) is 14.9 Å². The molecule has 4 heterocycles. The number of hydrogen-bond donors (Lipinski definition) is 1. The van der Waals surface area contributed by atoms with Crippen LogP contribution in [0.4, 0.5) is 5.00 Å². The Morgan fingerprint density at radius 2 is 2.24 bits per heavy atom. The first-order chi connectivity index (χ1) is 12.1. The summed E-state index contributed by atoms with van der Waals surface area (Å²) in [6.07, 6.45) is 6.47. The number of aromatic nitrogens is 2. The topological polar surface area (TPSA) is 92.1 Å². The van der Waals surface area contributed by atoms with Crippen molar-refractivity contribution >= 4 is 38.9 Å². The van der Waals surface area contributed by atoms with Gasteiger partial charge in [0.1, 0.15) is 5.65 Å². The second kappa shape index (κ2) is 6.14. The van der Waals surface area contributed by atoms with E-state index in [1.54, 1.807) is 11.1 Å². The Balaban J connectivity index is 1.53. The maximum Gasteiger partial charge on any atom is 0.324 e. The van der Waals surface area contributed by atoms with Gasteiger partial charge in [0.15, 0.2) is 0 Å². The Labute approximate surface area is 146 Å². The van der Waals surface area contributed by atoms with Gasteiger partial charge in [-0.05, 0) is 30.2 Å². The second-order valence-electron chi connectivity index (χ2n) is 5.73. The fourth-order valence-electron chi connectivity index (χ4n) is 3.02. The number of amides is 1. The summed E-state index contributed by atoms with van der Waals surface area (Å²) < 4.78 is 0. The van der Waals surface area contributed by atoms with Crippen molar-refractivity contribution in [1.29, 1.82) is 0 Å². The van der Waals surface area contributed by atoms with Gasteiger partial charge in [-0.25, -0.2) is 4.98 Å². The van der Waals surface area contributed by atoms with Crippen LogP contribution in [-0.2, 0) is 0 Å². The number of carbonyl (C=O) groups excluding carboxylic acids is 1. The van der Waals surface area contributed by atoms with Crippen LogP contribution in [0.15, 0.2) is 42.7 Å². The van der Waals surface area contributed by atoms with Crippen molar-refractivity contribution in [2.24, 2.45) is 0 Å². The molecule has 0 saturated heterocycles. The summed E-state index contributed by atoms with van der Waals surface area (Å²) in [5, 5.41) is 11.8. The Morgan fingerprint density at radius 1 is 1.36 bits per heavy atom. The minimum Gasteiger partial charge on any atom is -0.346 e. The molecule has 3 aromatic rings. The molecule has 0 bridgehead atoms. The highest BCUT2D eigenvalue weighted by atomic mass is 32.1. The van der Waals surface area contributed by atoms with Crippen molar-refractivity contribution in [3.63, 3.8) is 0 Å². The Hall–Kier alpha value is -3.00. The van der Waals surface area contributed by atoms with Crippen LogP contribution < -0.4 is 0 Å². The van der Waals surface area contributed by atoms with E-state index in [1.165, 1.54) is 17.7 Å². The van der Waals surface area contributed by atoms with Gasteiger partial charge in [-0.1, -0.05) is 17.4 Å². The second-order valence-corrected chi connectivity index (χ2v) is 6.79. The molecular formula is C17H14N4O3S. The molecule has 1 N–H and O–H groups in total. The van der Waals surface area contributed by atoms with E-state index >= 15 is 0 Å². The zero-order valence-electron chi connectivity index (χ0n) is 13.1. The first-order valence-electron chi connectivity index (χ1n) is 7.78. The van der Waals surface area contributed by atoms with Gasteiger partial charge in [-0.2, -0.15) is 0 Å². The standard InChI is InChI=1S/C17H14N4O3S/c22-17(14-3-4-15(25-14)21(23)24)20-8-5-11(6-9-20)13-10-19-16-12(13)2-1-7-18-16/h1-5,7,10H,6,8-9H2,(H,18,19). The molecule has 7 nitrogen and oxygen atoms in total. The zero-order chi connectivity index (χ0) is 17.4. The molecule has 126 valence electrons. The Morgan fingerprint density at radius 3 is 2.96 bits per heavy atom. The number of carbonyl (C=O) groups is 1. The maximum absolute atomic E-state index is 12.5. The third-order valence-corrected chi connectivity index (χ3v) is 5.30. The van der Waals surface area contributed by atoms with Crippen LogP contribution in [0.25, 0.3) is 16.6 Å². The molecule has 1 amide bonds. The number of fused-ring (bicyclic) bond motifs is 1. The van der Waals surface area contributed by atoms with Gasteiger partial charge < -0.3 is 9.88 Å². The van der Waals surface area contributed by atoms with Gasteiger partial charge in [0, 0.05) is 42.5 Å². The van der Waals surface area contributed by atoms with Gasteiger partial charge >= 0.3 is 5.00 Å². The highest BCUT2D eigenvalue weighted by Crippen LogP contribution is 2.30. The van der Waals surface area contributed by atoms with Crippen molar-refractivity contribution < 1.29 is 9.72 Å². The molecule has 0 saturated carbocycles. The van der Waals surface area contributed by atoms with Crippen LogP contribution in [0, 0.1) is 10.1 Å². The summed E-state index contributed by atoms with van der Waals surface area (Å²) in [5.41, 5.74) is 3.14. The normalized spacial score (nSPS) is 14.6. The molecule has 0 atom stereocenters. The van der Waals surface area contributed by atoms with Crippen LogP contribution in [0.2, 0.25) is 0 Å². The van der Waals surface area contributed by atoms with Crippen LogP contribution >= 0.6 is 11.3 Å². The summed E-state index contributed by atoms with van der Waals surface area (Å²) in [6, 6.07) is 6.83. The number of pyridine rings is 1. The molecule has 25 heavy (non-hydrogen) atoms. The van der Waals surface area contributed by atoms with Crippen molar-refractivity contribution in [3.05, 3.63) is 63.3 Å².